The zero-order chi connectivity index (χ0) is 13.8. The van der Waals surface area contributed by atoms with Crippen molar-refractivity contribution in [3.63, 3.8) is 0 Å². The molecule has 1 aromatic carbocycles. The van der Waals surface area contributed by atoms with Crippen molar-refractivity contribution >= 4 is 27.6 Å². The van der Waals surface area contributed by atoms with E-state index >= 15 is 0 Å². The van der Waals surface area contributed by atoms with Crippen LogP contribution in [0.1, 0.15) is 24.8 Å². The Kier molecular flexibility index (Phi) is 4.43. The largest absolute Gasteiger partial charge is 0.469 e. The van der Waals surface area contributed by atoms with E-state index in [2.05, 4.69) is 27.3 Å². The molecule has 0 unspecified atom stereocenters. The van der Waals surface area contributed by atoms with Crippen molar-refractivity contribution in [1.29, 1.82) is 5.26 Å². The second-order valence-electron chi connectivity index (χ2n) is 4.68. The van der Waals surface area contributed by atoms with Gasteiger partial charge in [0.05, 0.1) is 24.3 Å². The van der Waals surface area contributed by atoms with Crippen LogP contribution in [-0.2, 0) is 9.53 Å². The number of anilines is 1. The van der Waals surface area contributed by atoms with Gasteiger partial charge in [0.25, 0.3) is 0 Å². The van der Waals surface area contributed by atoms with Crippen molar-refractivity contribution < 1.29 is 9.53 Å². The highest BCUT2D eigenvalue weighted by Gasteiger charge is 2.30. The third kappa shape index (κ3) is 3.27. The Hall–Kier alpha value is -1.54. The molecule has 4 nitrogen and oxygen atoms in total. The third-order valence-corrected chi connectivity index (χ3v) is 3.92. The summed E-state index contributed by atoms with van der Waals surface area (Å²) in [6.45, 7) is 0. The van der Waals surface area contributed by atoms with Gasteiger partial charge in [-0.05, 0) is 37.5 Å². The summed E-state index contributed by atoms with van der Waals surface area (Å²) in [5.74, 6) is -0.163. The number of methoxy groups -OCH3 is 1. The summed E-state index contributed by atoms with van der Waals surface area (Å²) in [6.07, 6.45) is 2.51. The first-order valence-corrected chi connectivity index (χ1v) is 6.97. The third-order valence-electron chi connectivity index (χ3n) is 3.43. The number of nitrogens with zero attached hydrogens (tertiary/aromatic N) is 1. The van der Waals surface area contributed by atoms with Crippen LogP contribution >= 0.6 is 15.9 Å². The summed E-state index contributed by atoms with van der Waals surface area (Å²) >= 11 is 3.35. The lowest BCUT2D eigenvalue weighted by Crippen LogP contribution is -2.19. The summed E-state index contributed by atoms with van der Waals surface area (Å²) < 4.78 is 5.65. The van der Waals surface area contributed by atoms with Crippen molar-refractivity contribution in [1.82, 2.24) is 0 Å². The quantitative estimate of drug-likeness (QED) is 0.869. The van der Waals surface area contributed by atoms with Gasteiger partial charge in [0, 0.05) is 10.5 Å². The smallest absolute Gasteiger partial charge is 0.308 e. The Bertz CT molecular complexity index is 525. The summed E-state index contributed by atoms with van der Waals surface area (Å²) in [5, 5.41) is 12.5. The number of nitrogens with one attached hydrogen (secondary N) is 1. The molecule has 1 fully saturated rings. The fourth-order valence-corrected chi connectivity index (χ4v) is 2.81. The minimum atomic E-state index is -0.138. The average Bonchev–Trinajstić information content (AvgIpc) is 2.88. The zero-order valence-electron chi connectivity index (χ0n) is 10.6. The summed E-state index contributed by atoms with van der Waals surface area (Å²) in [5.41, 5.74) is 1.43. The Morgan fingerprint density at radius 2 is 2.32 bits per heavy atom. The lowest BCUT2D eigenvalue weighted by molar-refractivity contribution is -0.145. The lowest BCUT2D eigenvalue weighted by atomic mass is 10.1. The van der Waals surface area contributed by atoms with E-state index in [-0.39, 0.29) is 17.9 Å². The van der Waals surface area contributed by atoms with E-state index in [1.165, 1.54) is 7.11 Å². The van der Waals surface area contributed by atoms with Crippen LogP contribution in [0.4, 0.5) is 5.69 Å². The Morgan fingerprint density at radius 1 is 1.53 bits per heavy atom. The minimum Gasteiger partial charge on any atom is -0.469 e. The normalized spacial score (nSPS) is 21.7. The van der Waals surface area contributed by atoms with Crippen LogP contribution in [0.3, 0.4) is 0 Å². The number of carbonyl (C=O) groups excluding carboxylic acids is 1. The molecular formula is C14H15BrN2O2. The molecular weight excluding hydrogens is 308 g/mol. The van der Waals surface area contributed by atoms with Crippen molar-refractivity contribution in [3.05, 3.63) is 28.2 Å². The van der Waals surface area contributed by atoms with E-state index in [1.807, 2.05) is 12.1 Å². The van der Waals surface area contributed by atoms with Crippen molar-refractivity contribution in [2.24, 2.45) is 5.92 Å². The molecule has 0 heterocycles. The summed E-state index contributed by atoms with van der Waals surface area (Å²) in [6, 6.07) is 7.96. The number of carbonyl (C=O) groups is 1. The lowest BCUT2D eigenvalue weighted by Gasteiger charge is -2.15. The van der Waals surface area contributed by atoms with E-state index < -0.39 is 0 Å². The second kappa shape index (κ2) is 6.07. The number of esters is 1. The van der Waals surface area contributed by atoms with Crippen molar-refractivity contribution in [2.75, 3.05) is 12.4 Å². The van der Waals surface area contributed by atoms with Crippen LogP contribution in [0.2, 0.25) is 0 Å². The number of hydrogen-bond acceptors (Lipinski definition) is 4. The van der Waals surface area contributed by atoms with Crippen LogP contribution < -0.4 is 5.32 Å². The Balaban J connectivity index is 2.04. The Morgan fingerprint density at radius 3 is 3.00 bits per heavy atom. The first kappa shape index (κ1) is 13.9. The van der Waals surface area contributed by atoms with Gasteiger partial charge < -0.3 is 10.1 Å². The fraction of sp³-hybridized carbons (Fsp3) is 0.429. The predicted molar refractivity (Wildman–Crippen MR) is 75.6 cm³/mol. The molecule has 0 amide bonds. The fourth-order valence-electron chi connectivity index (χ4n) is 2.45. The molecule has 1 N–H and O–H groups in total. The van der Waals surface area contributed by atoms with Crippen LogP contribution in [0.15, 0.2) is 22.7 Å². The zero-order valence-corrected chi connectivity index (χ0v) is 12.2. The van der Waals surface area contributed by atoms with Gasteiger partial charge in [-0.15, -0.1) is 0 Å². The van der Waals surface area contributed by atoms with E-state index in [4.69, 9.17) is 10.00 Å². The molecule has 2 rings (SSSR count). The SMILES string of the molecule is COC(=O)[C@H]1CC[C@@H](Nc2ccc(Br)cc2C#N)C1. The monoisotopic (exact) mass is 322 g/mol. The molecule has 100 valence electrons. The van der Waals surface area contributed by atoms with Gasteiger partial charge >= 0.3 is 5.97 Å². The highest BCUT2D eigenvalue weighted by atomic mass is 79.9. The topological polar surface area (TPSA) is 62.1 Å². The molecule has 0 saturated heterocycles. The molecule has 1 saturated carbocycles. The van der Waals surface area contributed by atoms with Gasteiger partial charge in [0.1, 0.15) is 6.07 Å². The van der Waals surface area contributed by atoms with E-state index in [0.717, 1.165) is 29.4 Å². The maximum absolute atomic E-state index is 11.5. The van der Waals surface area contributed by atoms with E-state index in [1.54, 1.807) is 6.07 Å². The molecule has 1 aliphatic carbocycles. The number of rotatable bonds is 3. The van der Waals surface area contributed by atoms with Crippen LogP contribution in [0.5, 0.6) is 0 Å². The summed E-state index contributed by atoms with van der Waals surface area (Å²) in [7, 11) is 1.42. The molecule has 5 heteroatoms. The predicted octanol–water partition coefficient (Wildman–Crippen LogP) is 3.07. The van der Waals surface area contributed by atoms with Gasteiger partial charge in [0.15, 0.2) is 0 Å². The molecule has 0 radical (unpaired) electrons. The molecule has 1 aliphatic rings. The van der Waals surface area contributed by atoms with Crippen LogP contribution in [0, 0.1) is 17.2 Å². The van der Waals surface area contributed by atoms with Gasteiger partial charge in [-0.25, -0.2) is 0 Å². The van der Waals surface area contributed by atoms with Crippen LogP contribution in [-0.4, -0.2) is 19.1 Å². The molecule has 0 spiro atoms. The molecule has 0 aromatic heterocycles. The second-order valence-corrected chi connectivity index (χ2v) is 5.59. The Labute approximate surface area is 120 Å². The maximum atomic E-state index is 11.5. The first-order chi connectivity index (χ1) is 9.13. The molecule has 0 aliphatic heterocycles. The van der Waals surface area contributed by atoms with Gasteiger partial charge in [0.2, 0.25) is 0 Å². The number of ether oxygens (including phenoxy) is 1. The van der Waals surface area contributed by atoms with E-state index in [0.29, 0.717) is 5.56 Å². The molecule has 0 bridgehead atoms. The van der Waals surface area contributed by atoms with Gasteiger partial charge in [-0.3, -0.25) is 4.79 Å². The number of halogens is 1. The molecule has 1 aromatic rings. The number of benzene rings is 1. The minimum absolute atomic E-state index is 0.0246. The van der Waals surface area contributed by atoms with Gasteiger partial charge in [-0.1, -0.05) is 15.9 Å². The van der Waals surface area contributed by atoms with Crippen molar-refractivity contribution in [3.8, 4) is 6.07 Å². The first-order valence-electron chi connectivity index (χ1n) is 6.18. The van der Waals surface area contributed by atoms with Gasteiger partial charge in [-0.2, -0.15) is 5.26 Å². The standard InChI is InChI=1S/C14H15BrN2O2/c1-19-14(18)9-2-4-12(7-9)17-13-5-3-11(15)6-10(13)8-16/h3,5-6,9,12,17H,2,4,7H2,1H3/t9-,12+/m0/s1. The highest BCUT2D eigenvalue weighted by molar-refractivity contribution is 9.10. The average molecular weight is 323 g/mol. The molecule has 19 heavy (non-hydrogen) atoms. The van der Waals surface area contributed by atoms with Crippen molar-refractivity contribution in [2.45, 2.75) is 25.3 Å². The van der Waals surface area contributed by atoms with Crippen LogP contribution in [0.25, 0.3) is 0 Å². The maximum Gasteiger partial charge on any atom is 0.308 e. The molecule has 2 atom stereocenters. The number of hydrogen-bond donors (Lipinski definition) is 1. The number of nitriles is 1. The summed E-state index contributed by atoms with van der Waals surface area (Å²) in [4.78, 5) is 11.5. The highest BCUT2D eigenvalue weighted by Crippen LogP contribution is 2.30. The van der Waals surface area contributed by atoms with E-state index in [9.17, 15) is 4.79 Å².